The van der Waals surface area contributed by atoms with Crippen molar-refractivity contribution in [2.45, 2.75) is 39.5 Å². The van der Waals surface area contributed by atoms with Gasteiger partial charge in [-0.25, -0.2) is 9.18 Å². The number of likely N-dealkylation sites (N-methyl/N-ethyl adjacent to an activating group) is 1. The molecule has 0 saturated carbocycles. The Bertz CT molecular complexity index is 708. The summed E-state index contributed by atoms with van der Waals surface area (Å²) in [6, 6.07) is 5.77. The lowest BCUT2D eigenvalue weighted by molar-refractivity contribution is 0.0539. The maximum absolute atomic E-state index is 13.3. The Morgan fingerprint density at radius 2 is 1.96 bits per heavy atom. The molecule has 1 aromatic carbocycles. The number of nitrogens with zero attached hydrogens (tertiary/aromatic N) is 1. The molecule has 5 nitrogen and oxygen atoms in total. The normalized spacial score (nSPS) is 18.1. The van der Waals surface area contributed by atoms with Gasteiger partial charge >= 0.3 is 6.09 Å². The van der Waals surface area contributed by atoms with E-state index in [0.717, 1.165) is 0 Å². The Morgan fingerprint density at radius 1 is 1.36 bits per heavy atom. The first-order valence-corrected chi connectivity index (χ1v) is 8.32. The van der Waals surface area contributed by atoms with Crippen LogP contribution in [0.3, 0.4) is 0 Å². The number of aliphatic hydroxyl groups excluding tert-OH is 1. The van der Waals surface area contributed by atoms with Gasteiger partial charge in [0.1, 0.15) is 11.4 Å². The number of hydrogen-bond acceptors (Lipinski definition) is 4. The summed E-state index contributed by atoms with van der Waals surface area (Å²) in [5, 5.41) is 13.2. The highest BCUT2D eigenvalue weighted by atomic mass is 35.5. The van der Waals surface area contributed by atoms with E-state index >= 15 is 0 Å². The minimum absolute atomic E-state index is 0.166. The van der Waals surface area contributed by atoms with Gasteiger partial charge in [0.25, 0.3) is 0 Å². The molecule has 1 atom stereocenters. The molecule has 2 N–H and O–H groups in total. The molecule has 0 saturated heterocycles. The van der Waals surface area contributed by atoms with Gasteiger partial charge in [-0.2, -0.15) is 0 Å². The summed E-state index contributed by atoms with van der Waals surface area (Å²) >= 11 is 6.11. The van der Waals surface area contributed by atoms with Gasteiger partial charge in [0.2, 0.25) is 0 Å². The van der Waals surface area contributed by atoms with E-state index in [2.05, 4.69) is 5.32 Å². The van der Waals surface area contributed by atoms with Crippen LogP contribution in [0.1, 0.15) is 33.3 Å². The molecule has 0 aromatic heterocycles. The molecular weight excluding hydrogens is 347 g/mol. The number of amides is 1. The SMILES string of the molecule is CCN1C(c2ccc(F)cc2)=C(NC(=O)OC(C)(C)C)C=C(Cl)C1O. The summed E-state index contributed by atoms with van der Waals surface area (Å²) in [4.78, 5) is 13.8. The van der Waals surface area contributed by atoms with Crippen LogP contribution in [0, 0.1) is 5.82 Å². The van der Waals surface area contributed by atoms with E-state index in [1.807, 2.05) is 6.92 Å². The Morgan fingerprint density at radius 3 is 2.48 bits per heavy atom. The fraction of sp³-hybridized carbons (Fsp3) is 0.389. The summed E-state index contributed by atoms with van der Waals surface area (Å²) in [5.41, 5.74) is 0.879. The van der Waals surface area contributed by atoms with Crippen molar-refractivity contribution in [1.82, 2.24) is 10.2 Å². The van der Waals surface area contributed by atoms with E-state index in [1.165, 1.54) is 18.2 Å². The molecular formula is C18H22ClFN2O3. The first-order chi connectivity index (χ1) is 11.6. The molecule has 25 heavy (non-hydrogen) atoms. The summed E-state index contributed by atoms with van der Waals surface area (Å²) < 4.78 is 18.5. The van der Waals surface area contributed by atoms with E-state index in [1.54, 1.807) is 37.8 Å². The highest BCUT2D eigenvalue weighted by Gasteiger charge is 2.29. The van der Waals surface area contributed by atoms with Crippen molar-refractivity contribution in [3.05, 3.63) is 52.5 Å². The van der Waals surface area contributed by atoms with Crippen LogP contribution in [0.2, 0.25) is 0 Å². The van der Waals surface area contributed by atoms with E-state index in [-0.39, 0.29) is 10.8 Å². The van der Waals surface area contributed by atoms with Gasteiger partial charge in [-0.1, -0.05) is 11.6 Å². The predicted molar refractivity (Wildman–Crippen MR) is 95.0 cm³/mol. The summed E-state index contributed by atoms with van der Waals surface area (Å²) in [7, 11) is 0. The molecule has 0 bridgehead atoms. The van der Waals surface area contributed by atoms with Gasteiger partial charge < -0.3 is 14.7 Å². The van der Waals surface area contributed by atoms with E-state index < -0.39 is 17.9 Å². The van der Waals surface area contributed by atoms with Crippen molar-refractivity contribution in [2.24, 2.45) is 0 Å². The molecule has 1 unspecified atom stereocenters. The maximum atomic E-state index is 13.3. The Hall–Kier alpha value is -2.05. The standard InChI is InChI=1S/C18H22ClFN2O3/c1-5-22-15(11-6-8-12(20)9-7-11)14(10-13(19)16(22)23)21-17(24)25-18(2,3)4/h6-10,16,23H,5H2,1-4H3,(H,21,24). The molecule has 1 aliphatic heterocycles. The monoisotopic (exact) mass is 368 g/mol. The number of benzene rings is 1. The first-order valence-electron chi connectivity index (χ1n) is 7.94. The molecule has 136 valence electrons. The molecule has 2 rings (SSSR count). The van der Waals surface area contributed by atoms with Crippen LogP contribution >= 0.6 is 11.6 Å². The second-order valence-electron chi connectivity index (χ2n) is 6.58. The van der Waals surface area contributed by atoms with E-state index in [9.17, 15) is 14.3 Å². The third-order valence-electron chi connectivity index (χ3n) is 3.46. The molecule has 0 radical (unpaired) electrons. The number of halogens is 2. The van der Waals surface area contributed by atoms with Gasteiger partial charge in [0, 0.05) is 12.1 Å². The number of hydrogen-bond donors (Lipinski definition) is 2. The van der Waals surface area contributed by atoms with Crippen molar-refractivity contribution in [1.29, 1.82) is 0 Å². The van der Waals surface area contributed by atoms with Gasteiger partial charge in [0.05, 0.1) is 16.4 Å². The largest absolute Gasteiger partial charge is 0.444 e. The molecule has 0 fully saturated rings. The zero-order valence-corrected chi connectivity index (χ0v) is 15.4. The lowest BCUT2D eigenvalue weighted by Gasteiger charge is -2.36. The van der Waals surface area contributed by atoms with Gasteiger partial charge in [-0.15, -0.1) is 0 Å². The fourth-order valence-corrected chi connectivity index (χ4v) is 2.70. The number of allylic oxidation sites excluding steroid dienone is 1. The quantitative estimate of drug-likeness (QED) is 0.852. The molecule has 1 amide bonds. The second kappa shape index (κ2) is 7.45. The summed E-state index contributed by atoms with van der Waals surface area (Å²) in [6.07, 6.45) is -0.216. The van der Waals surface area contributed by atoms with E-state index in [4.69, 9.17) is 16.3 Å². The Balaban J connectivity index is 2.48. The number of ether oxygens (including phenoxy) is 1. The number of carbonyl (C=O) groups is 1. The number of alkyl carbamates (subject to hydrolysis) is 1. The van der Waals surface area contributed by atoms with Crippen LogP contribution in [-0.2, 0) is 4.74 Å². The molecule has 1 aliphatic rings. The third-order valence-corrected chi connectivity index (χ3v) is 3.76. The minimum Gasteiger partial charge on any atom is -0.444 e. The lowest BCUT2D eigenvalue weighted by atomic mass is 10.0. The second-order valence-corrected chi connectivity index (χ2v) is 7.02. The van der Waals surface area contributed by atoms with Crippen molar-refractivity contribution < 1.29 is 19.0 Å². The summed E-state index contributed by atoms with van der Waals surface area (Å²) in [6.45, 7) is 7.54. The van der Waals surface area contributed by atoms with Gasteiger partial charge in [-0.05, 0) is 58.0 Å². The Kier molecular flexibility index (Phi) is 5.75. The van der Waals surface area contributed by atoms with Crippen molar-refractivity contribution in [3.63, 3.8) is 0 Å². The maximum Gasteiger partial charge on any atom is 0.412 e. The molecule has 0 aliphatic carbocycles. The topological polar surface area (TPSA) is 61.8 Å². The number of nitrogens with one attached hydrogen (secondary N) is 1. The van der Waals surface area contributed by atoms with Gasteiger partial charge in [0.15, 0.2) is 6.23 Å². The fourth-order valence-electron chi connectivity index (χ4n) is 2.48. The van der Waals surface area contributed by atoms with Crippen molar-refractivity contribution >= 4 is 23.4 Å². The molecule has 1 heterocycles. The molecule has 0 spiro atoms. The molecule has 7 heteroatoms. The number of rotatable bonds is 3. The number of aliphatic hydroxyl groups is 1. The third kappa shape index (κ3) is 4.74. The molecule has 1 aromatic rings. The first kappa shape index (κ1) is 19.3. The van der Waals surface area contributed by atoms with Crippen LogP contribution in [-0.4, -0.2) is 34.5 Å². The van der Waals surface area contributed by atoms with Crippen LogP contribution in [0.15, 0.2) is 41.1 Å². The number of carbonyl (C=O) groups excluding carboxylic acids is 1. The lowest BCUT2D eigenvalue weighted by Crippen LogP contribution is -2.40. The highest BCUT2D eigenvalue weighted by Crippen LogP contribution is 2.33. The van der Waals surface area contributed by atoms with E-state index in [0.29, 0.717) is 23.5 Å². The van der Waals surface area contributed by atoms with Crippen molar-refractivity contribution in [3.8, 4) is 0 Å². The smallest absolute Gasteiger partial charge is 0.412 e. The predicted octanol–water partition coefficient (Wildman–Crippen LogP) is 3.80. The average molecular weight is 369 g/mol. The van der Waals surface area contributed by atoms with Gasteiger partial charge in [-0.3, -0.25) is 5.32 Å². The van der Waals surface area contributed by atoms with Crippen LogP contribution in [0.5, 0.6) is 0 Å². The zero-order valence-electron chi connectivity index (χ0n) is 14.6. The average Bonchev–Trinajstić information content (AvgIpc) is 2.49. The highest BCUT2D eigenvalue weighted by molar-refractivity contribution is 6.30. The van der Waals surface area contributed by atoms with Crippen LogP contribution < -0.4 is 5.32 Å². The minimum atomic E-state index is -1.05. The van der Waals surface area contributed by atoms with Crippen molar-refractivity contribution in [2.75, 3.05) is 6.54 Å². The van der Waals surface area contributed by atoms with Crippen LogP contribution in [0.25, 0.3) is 5.70 Å². The van der Waals surface area contributed by atoms with Crippen LogP contribution in [0.4, 0.5) is 9.18 Å². The zero-order chi connectivity index (χ0) is 18.8. The summed E-state index contributed by atoms with van der Waals surface area (Å²) in [5.74, 6) is -0.376. The Labute approximate surface area is 151 Å².